The molecule has 0 amide bonds. The fraction of sp³-hybridized carbons (Fsp3) is 0.500. The largest absolute Gasteiger partial charge is 0.394 e. The van der Waals surface area contributed by atoms with E-state index in [1.165, 1.54) is 0 Å². The zero-order valence-corrected chi connectivity index (χ0v) is 6.22. The summed E-state index contributed by atoms with van der Waals surface area (Å²) in [6, 6.07) is -0.0270. The van der Waals surface area contributed by atoms with Gasteiger partial charge in [-0.15, -0.1) is 12.5 Å². The predicted octanol–water partition coefficient (Wildman–Crippen LogP) is 0.146. The second kappa shape index (κ2) is 6.34. The molecular weight excluding hydrogens is 126 g/mol. The molecule has 0 unspecified atom stereocenters. The summed E-state index contributed by atoms with van der Waals surface area (Å²) < 4.78 is 0. The van der Waals surface area contributed by atoms with Crippen molar-refractivity contribution in [3.63, 3.8) is 0 Å². The van der Waals surface area contributed by atoms with Gasteiger partial charge < -0.3 is 5.11 Å². The van der Waals surface area contributed by atoms with Gasteiger partial charge >= 0.3 is 0 Å². The summed E-state index contributed by atoms with van der Waals surface area (Å²) in [5, 5.41) is 11.6. The van der Waals surface area contributed by atoms with Crippen molar-refractivity contribution in [3.8, 4) is 11.8 Å². The third-order valence-electron chi connectivity index (χ3n) is 1.11. The van der Waals surface area contributed by atoms with E-state index >= 15 is 0 Å². The molecule has 2 heteroatoms. The molecular formula is C8H13NO. The van der Waals surface area contributed by atoms with E-state index in [0.29, 0.717) is 6.54 Å². The van der Waals surface area contributed by atoms with Gasteiger partial charge in [0.25, 0.3) is 0 Å². The Labute approximate surface area is 61.9 Å². The van der Waals surface area contributed by atoms with Gasteiger partial charge in [0.05, 0.1) is 13.2 Å². The van der Waals surface area contributed by atoms with Crippen LogP contribution in [-0.2, 0) is 0 Å². The highest BCUT2D eigenvalue weighted by atomic mass is 16.3. The maximum absolute atomic E-state index is 8.64. The van der Waals surface area contributed by atoms with Crippen molar-refractivity contribution in [1.29, 1.82) is 0 Å². The summed E-state index contributed by atoms with van der Waals surface area (Å²) in [7, 11) is 0. The van der Waals surface area contributed by atoms with E-state index < -0.39 is 0 Å². The first kappa shape index (κ1) is 9.22. The molecule has 1 atom stereocenters. The van der Waals surface area contributed by atoms with Crippen LogP contribution in [0, 0.1) is 11.8 Å². The molecule has 0 aromatic rings. The standard InChI is InChI=1S/C8H13NO/c1-3-5-6-9-8(4-2)7-10/h4,8-10H,2,6-7H2,1H3/t8-/m0/s1. The minimum Gasteiger partial charge on any atom is -0.394 e. The lowest BCUT2D eigenvalue weighted by Crippen LogP contribution is -2.30. The summed E-state index contributed by atoms with van der Waals surface area (Å²) in [5.74, 6) is 5.57. The molecule has 0 aromatic heterocycles. The molecule has 2 N–H and O–H groups in total. The Morgan fingerprint density at radius 2 is 2.50 bits per heavy atom. The van der Waals surface area contributed by atoms with E-state index in [-0.39, 0.29) is 12.6 Å². The Hall–Kier alpha value is -0.780. The molecule has 10 heavy (non-hydrogen) atoms. The van der Waals surface area contributed by atoms with Crippen LogP contribution in [0.2, 0.25) is 0 Å². The van der Waals surface area contributed by atoms with E-state index in [2.05, 4.69) is 23.7 Å². The molecule has 2 nitrogen and oxygen atoms in total. The zero-order valence-electron chi connectivity index (χ0n) is 6.22. The Balaban J connectivity index is 3.40. The number of hydrogen-bond acceptors (Lipinski definition) is 2. The molecule has 0 spiro atoms. The second-order valence-corrected chi connectivity index (χ2v) is 1.83. The van der Waals surface area contributed by atoms with Gasteiger partial charge in [-0.05, 0) is 6.92 Å². The van der Waals surface area contributed by atoms with Gasteiger partial charge in [-0.25, -0.2) is 0 Å². The first-order valence-corrected chi connectivity index (χ1v) is 3.21. The minimum atomic E-state index is -0.0270. The normalized spacial score (nSPS) is 11.4. The molecule has 0 heterocycles. The highest BCUT2D eigenvalue weighted by molar-refractivity contribution is 4.99. The summed E-state index contributed by atoms with van der Waals surface area (Å²) in [5.41, 5.74) is 0. The Kier molecular flexibility index (Phi) is 5.85. The second-order valence-electron chi connectivity index (χ2n) is 1.83. The average molecular weight is 139 g/mol. The highest BCUT2D eigenvalue weighted by Gasteiger charge is 1.96. The van der Waals surface area contributed by atoms with E-state index in [9.17, 15) is 0 Å². The van der Waals surface area contributed by atoms with Crippen LogP contribution in [0.4, 0.5) is 0 Å². The third kappa shape index (κ3) is 4.13. The maximum atomic E-state index is 8.64. The van der Waals surface area contributed by atoms with Crippen molar-refractivity contribution in [2.45, 2.75) is 13.0 Å². The van der Waals surface area contributed by atoms with Crippen LogP contribution < -0.4 is 5.32 Å². The number of nitrogens with one attached hydrogen (secondary N) is 1. The van der Waals surface area contributed by atoms with Gasteiger partial charge in [-0.2, -0.15) is 0 Å². The van der Waals surface area contributed by atoms with Crippen LogP contribution >= 0.6 is 0 Å². The SMILES string of the molecule is C=C[C@@H](CO)NCC#CC. The predicted molar refractivity (Wildman–Crippen MR) is 42.5 cm³/mol. The quantitative estimate of drug-likeness (QED) is 0.429. The van der Waals surface area contributed by atoms with Crippen LogP contribution in [0.5, 0.6) is 0 Å². The first-order chi connectivity index (χ1) is 4.85. The van der Waals surface area contributed by atoms with Gasteiger partial charge in [0.1, 0.15) is 0 Å². The fourth-order valence-electron chi connectivity index (χ4n) is 0.493. The van der Waals surface area contributed by atoms with Crippen molar-refractivity contribution in [2.24, 2.45) is 0 Å². The van der Waals surface area contributed by atoms with Gasteiger partial charge in [-0.1, -0.05) is 12.0 Å². The lowest BCUT2D eigenvalue weighted by molar-refractivity contribution is 0.268. The molecule has 0 saturated carbocycles. The molecule has 0 rings (SSSR count). The van der Waals surface area contributed by atoms with E-state index in [4.69, 9.17) is 5.11 Å². The van der Waals surface area contributed by atoms with Gasteiger partial charge in [0.15, 0.2) is 0 Å². The molecule has 0 saturated heterocycles. The minimum absolute atomic E-state index is 0.0270. The van der Waals surface area contributed by atoms with Crippen LogP contribution in [0.15, 0.2) is 12.7 Å². The van der Waals surface area contributed by atoms with E-state index in [1.807, 2.05) is 0 Å². The first-order valence-electron chi connectivity index (χ1n) is 3.21. The van der Waals surface area contributed by atoms with Crippen molar-refractivity contribution >= 4 is 0 Å². The van der Waals surface area contributed by atoms with E-state index in [1.54, 1.807) is 13.0 Å². The highest BCUT2D eigenvalue weighted by Crippen LogP contribution is 1.79. The van der Waals surface area contributed by atoms with Crippen LogP contribution in [0.25, 0.3) is 0 Å². The number of hydrogen-bond donors (Lipinski definition) is 2. The van der Waals surface area contributed by atoms with Gasteiger partial charge in [0.2, 0.25) is 0 Å². The number of aliphatic hydroxyl groups excluding tert-OH is 1. The van der Waals surface area contributed by atoms with E-state index in [0.717, 1.165) is 0 Å². The Morgan fingerprint density at radius 3 is 2.90 bits per heavy atom. The van der Waals surface area contributed by atoms with Crippen LogP contribution in [0.3, 0.4) is 0 Å². The smallest absolute Gasteiger partial charge is 0.0620 e. The molecule has 0 aromatic carbocycles. The summed E-state index contributed by atoms with van der Waals surface area (Å²) in [6.07, 6.45) is 1.66. The summed E-state index contributed by atoms with van der Waals surface area (Å²) in [4.78, 5) is 0. The van der Waals surface area contributed by atoms with Crippen LogP contribution in [0.1, 0.15) is 6.92 Å². The molecule has 0 fully saturated rings. The number of aliphatic hydroxyl groups is 1. The Morgan fingerprint density at radius 1 is 1.80 bits per heavy atom. The molecule has 0 bridgehead atoms. The fourth-order valence-corrected chi connectivity index (χ4v) is 0.493. The van der Waals surface area contributed by atoms with Gasteiger partial charge in [-0.3, -0.25) is 5.32 Å². The molecule has 56 valence electrons. The molecule has 0 aliphatic carbocycles. The van der Waals surface area contributed by atoms with Crippen molar-refractivity contribution < 1.29 is 5.11 Å². The zero-order chi connectivity index (χ0) is 7.82. The maximum Gasteiger partial charge on any atom is 0.0620 e. The average Bonchev–Trinajstić information content (AvgIpc) is 1.99. The summed E-state index contributed by atoms with van der Waals surface area (Å²) in [6.45, 7) is 6.00. The lowest BCUT2D eigenvalue weighted by Gasteiger charge is -2.07. The molecule has 0 aliphatic rings. The number of rotatable bonds is 4. The lowest BCUT2D eigenvalue weighted by atomic mass is 10.3. The third-order valence-corrected chi connectivity index (χ3v) is 1.11. The molecule has 0 aliphatic heterocycles. The van der Waals surface area contributed by atoms with Crippen molar-refractivity contribution in [3.05, 3.63) is 12.7 Å². The topological polar surface area (TPSA) is 32.3 Å². The monoisotopic (exact) mass is 139 g/mol. The van der Waals surface area contributed by atoms with Crippen LogP contribution in [-0.4, -0.2) is 24.3 Å². The Bertz CT molecular complexity index is 143. The van der Waals surface area contributed by atoms with Crippen molar-refractivity contribution in [1.82, 2.24) is 5.32 Å². The van der Waals surface area contributed by atoms with Gasteiger partial charge in [0, 0.05) is 6.04 Å². The van der Waals surface area contributed by atoms with Crippen molar-refractivity contribution in [2.75, 3.05) is 13.2 Å². The molecule has 0 radical (unpaired) electrons. The summed E-state index contributed by atoms with van der Waals surface area (Å²) >= 11 is 0.